The summed E-state index contributed by atoms with van der Waals surface area (Å²) in [4.78, 5) is 12.5. The highest BCUT2D eigenvalue weighted by molar-refractivity contribution is 5.95. The zero-order valence-corrected chi connectivity index (χ0v) is 15.1. The third-order valence-corrected chi connectivity index (χ3v) is 5.50. The van der Waals surface area contributed by atoms with Gasteiger partial charge in [0.2, 0.25) is 0 Å². The second kappa shape index (κ2) is 5.91. The summed E-state index contributed by atoms with van der Waals surface area (Å²) in [7, 11) is 0. The third kappa shape index (κ3) is 3.28. The fourth-order valence-corrected chi connectivity index (χ4v) is 4.25. The Morgan fingerprint density at radius 2 is 1.88 bits per heavy atom. The van der Waals surface area contributed by atoms with Crippen LogP contribution in [0.2, 0.25) is 0 Å². The van der Waals surface area contributed by atoms with E-state index >= 15 is 0 Å². The fourth-order valence-electron chi connectivity index (χ4n) is 4.25. The number of amides is 1. The van der Waals surface area contributed by atoms with Gasteiger partial charge in [-0.3, -0.25) is 4.79 Å². The first-order valence-electron chi connectivity index (χ1n) is 9.22. The van der Waals surface area contributed by atoms with E-state index in [1.165, 1.54) is 29.7 Å². The van der Waals surface area contributed by atoms with Crippen LogP contribution in [0.5, 0.6) is 0 Å². The van der Waals surface area contributed by atoms with Crippen LogP contribution in [-0.2, 0) is 11.8 Å². The number of fused-ring (bicyclic) bond motifs is 2. The van der Waals surface area contributed by atoms with Crippen molar-refractivity contribution >= 4 is 11.6 Å². The van der Waals surface area contributed by atoms with Crippen molar-refractivity contribution in [1.82, 2.24) is 5.32 Å². The molecule has 0 atom stereocenters. The molecule has 0 saturated heterocycles. The lowest BCUT2D eigenvalue weighted by Crippen LogP contribution is -2.40. The molecule has 1 spiro atoms. The quantitative estimate of drug-likeness (QED) is 0.876. The van der Waals surface area contributed by atoms with E-state index < -0.39 is 0 Å². The first kappa shape index (κ1) is 16.2. The molecule has 2 aliphatic rings. The Morgan fingerprint density at radius 1 is 1.12 bits per heavy atom. The Morgan fingerprint density at radius 3 is 2.60 bits per heavy atom. The maximum absolute atomic E-state index is 12.5. The van der Waals surface area contributed by atoms with Crippen LogP contribution in [0.15, 0.2) is 48.5 Å². The summed E-state index contributed by atoms with van der Waals surface area (Å²) in [5, 5.41) is 6.69. The lowest BCUT2D eigenvalue weighted by Gasteiger charge is -2.39. The van der Waals surface area contributed by atoms with Crippen molar-refractivity contribution in [2.24, 2.45) is 0 Å². The molecule has 1 heterocycles. The number of benzene rings is 2. The molecule has 2 N–H and O–H groups in total. The maximum atomic E-state index is 12.5. The highest BCUT2D eigenvalue weighted by Crippen LogP contribution is 2.58. The molecule has 1 fully saturated rings. The zero-order valence-electron chi connectivity index (χ0n) is 15.1. The predicted molar refractivity (Wildman–Crippen MR) is 102 cm³/mol. The zero-order chi connectivity index (χ0) is 17.5. The molecule has 25 heavy (non-hydrogen) atoms. The fraction of sp³-hybridized carbons (Fsp3) is 0.409. The molecule has 4 rings (SSSR count). The van der Waals surface area contributed by atoms with Crippen LogP contribution >= 0.6 is 0 Å². The molecule has 0 radical (unpaired) electrons. The molecule has 1 amide bonds. The van der Waals surface area contributed by atoms with E-state index in [9.17, 15) is 4.79 Å². The van der Waals surface area contributed by atoms with Crippen LogP contribution in [0, 0.1) is 0 Å². The Hall–Kier alpha value is -2.29. The number of carbonyl (C=O) groups is 1. The average Bonchev–Trinajstić information content (AvgIpc) is 3.34. The van der Waals surface area contributed by atoms with Gasteiger partial charge in [-0.1, -0.05) is 30.3 Å². The summed E-state index contributed by atoms with van der Waals surface area (Å²) in [5.41, 5.74) is 4.99. The second-order valence-electron chi connectivity index (χ2n) is 8.22. The van der Waals surface area contributed by atoms with Gasteiger partial charge in [0.1, 0.15) is 0 Å². The summed E-state index contributed by atoms with van der Waals surface area (Å²) in [6, 6.07) is 16.4. The summed E-state index contributed by atoms with van der Waals surface area (Å²) in [6.07, 6.45) is 4.48. The number of hydrogen-bond acceptors (Lipinski definition) is 2. The largest absolute Gasteiger partial charge is 0.380 e. The van der Waals surface area contributed by atoms with E-state index in [0.29, 0.717) is 12.0 Å². The maximum Gasteiger partial charge on any atom is 0.251 e. The number of nitrogens with one attached hydrogen (secondary N) is 2. The highest BCUT2D eigenvalue weighted by atomic mass is 16.1. The van der Waals surface area contributed by atoms with E-state index in [4.69, 9.17) is 0 Å². The third-order valence-electron chi connectivity index (χ3n) is 5.50. The molecule has 3 nitrogen and oxygen atoms in total. The van der Waals surface area contributed by atoms with Gasteiger partial charge in [-0.05, 0) is 74.3 Å². The topological polar surface area (TPSA) is 41.1 Å². The van der Waals surface area contributed by atoms with Crippen molar-refractivity contribution in [2.45, 2.75) is 50.5 Å². The normalized spacial score (nSPS) is 19.0. The summed E-state index contributed by atoms with van der Waals surface area (Å²) in [6.45, 7) is 5.19. The number of hydrogen-bond donors (Lipinski definition) is 2. The van der Waals surface area contributed by atoms with E-state index in [0.717, 1.165) is 18.4 Å². The Balaban J connectivity index is 1.46. The van der Waals surface area contributed by atoms with Crippen molar-refractivity contribution in [1.29, 1.82) is 0 Å². The van der Waals surface area contributed by atoms with E-state index in [1.807, 2.05) is 24.3 Å². The number of rotatable bonds is 4. The Kier molecular flexibility index (Phi) is 3.82. The molecule has 1 saturated carbocycles. The first-order chi connectivity index (χ1) is 12.0. The predicted octanol–water partition coefficient (Wildman–Crippen LogP) is 4.28. The van der Waals surface area contributed by atoms with Crippen molar-refractivity contribution in [3.8, 4) is 0 Å². The van der Waals surface area contributed by atoms with E-state index in [-0.39, 0.29) is 11.4 Å². The minimum absolute atomic E-state index is 0.0272. The molecule has 1 aliphatic carbocycles. The van der Waals surface area contributed by atoms with Crippen molar-refractivity contribution < 1.29 is 4.79 Å². The summed E-state index contributed by atoms with van der Waals surface area (Å²) in [5.74, 6) is 0.0272. The smallest absolute Gasteiger partial charge is 0.251 e. The minimum Gasteiger partial charge on any atom is -0.380 e. The van der Waals surface area contributed by atoms with Crippen LogP contribution in [0.3, 0.4) is 0 Å². The second-order valence-corrected chi connectivity index (χ2v) is 8.22. The lowest BCUT2D eigenvalue weighted by molar-refractivity contribution is 0.0954. The standard InChI is InChI=1S/C22H26N2O/c1-21(2)15-22(11-12-22)18-14-17(8-9-19(18)24-21)20(25)23-13-10-16-6-4-3-5-7-16/h3-9,14,24H,10-13,15H2,1-2H3,(H,23,25). The van der Waals surface area contributed by atoms with Gasteiger partial charge in [0.25, 0.3) is 5.91 Å². The van der Waals surface area contributed by atoms with Gasteiger partial charge in [-0.25, -0.2) is 0 Å². The van der Waals surface area contributed by atoms with Crippen LogP contribution < -0.4 is 10.6 Å². The minimum atomic E-state index is 0.0272. The molecule has 1 aliphatic heterocycles. The van der Waals surface area contributed by atoms with Crippen LogP contribution in [0.4, 0.5) is 5.69 Å². The van der Waals surface area contributed by atoms with Crippen molar-refractivity contribution in [3.63, 3.8) is 0 Å². The molecule has 2 aromatic carbocycles. The van der Waals surface area contributed by atoms with Crippen LogP contribution in [0.1, 0.15) is 54.6 Å². The average molecular weight is 334 g/mol. The van der Waals surface area contributed by atoms with Crippen LogP contribution in [0.25, 0.3) is 0 Å². The first-order valence-corrected chi connectivity index (χ1v) is 9.22. The molecular weight excluding hydrogens is 308 g/mol. The van der Waals surface area contributed by atoms with Gasteiger partial charge in [-0.15, -0.1) is 0 Å². The van der Waals surface area contributed by atoms with Gasteiger partial charge in [-0.2, -0.15) is 0 Å². The summed E-state index contributed by atoms with van der Waals surface area (Å²) < 4.78 is 0. The Bertz CT molecular complexity index is 791. The molecular formula is C22H26N2O. The monoisotopic (exact) mass is 334 g/mol. The molecule has 0 aromatic heterocycles. The SMILES string of the molecule is CC1(C)CC2(CC2)c2cc(C(=O)NCCc3ccccc3)ccc2N1. The molecule has 0 bridgehead atoms. The number of carbonyl (C=O) groups excluding carboxylic acids is 1. The highest BCUT2D eigenvalue weighted by Gasteiger charge is 2.51. The van der Waals surface area contributed by atoms with Gasteiger partial charge < -0.3 is 10.6 Å². The molecule has 3 heteroatoms. The van der Waals surface area contributed by atoms with Gasteiger partial charge in [0.05, 0.1) is 0 Å². The lowest BCUT2D eigenvalue weighted by atomic mass is 9.78. The number of anilines is 1. The molecule has 130 valence electrons. The van der Waals surface area contributed by atoms with Gasteiger partial charge in [0, 0.05) is 23.3 Å². The Labute approximate surface area is 149 Å². The van der Waals surface area contributed by atoms with E-state index in [2.05, 4.69) is 48.7 Å². The van der Waals surface area contributed by atoms with Crippen molar-refractivity contribution in [3.05, 3.63) is 65.2 Å². The van der Waals surface area contributed by atoms with Gasteiger partial charge in [0.15, 0.2) is 0 Å². The molecule has 2 aromatic rings. The molecule has 0 unspecified atom stereocenters. The van der Waals surface area contributed by atoms with Gasteiger partial charge >= 0.3 is 0 Å². The summed E-state index contributed by atoms with van der Waals surface area (Å²) >= 11 is 0. The van der Waals surface area contributed by atoms with Crippen molar-refractivity contribution in [2.75, 3.05) is 11.9 Å². The van der Waals surface area contributed by atoms with Crippen LogP contribution in [-0.4, -0.2) is 18.0 Å². The van der Waals surface area contributed by atoms with E-state index in [1.54, 1.807) is 0 Å².